The quantitative estimate of drug-likeness (QED) is 0.791. The SMILES string of the molecule is Cn1cccc1C(=O)N1CCCCC1CCOC(=O)c1ccoc1. The molecule has 6 nitrogen and oxygen atoms in total. The van der Waals surface area contributed by atoms with Crippen molar-refractivity contribution in [3.05, 3.63) is 48.2 Å². The molecule has 3 rings (SSSR count). The summed E-state index contributed by atoms with van der Waals surface area (Å²) >= 11 is 0. The number of aromatic nitrogens is 1. The van der Waals surface area contributed by atoms with Crippen LogP contribution >= 0.6 is 0 Å². The molecule has 0 aromatic carbocycles. The number of ether oxygens (including phenoxy) is 1. The van der Waals surface area contributed by atoms with Crippen LogP contribution in [0.5, 0.6) is 0 Å². The number of carbonyl (C=O) groups is 2. The average molecular weight is 330 g/mol. The standard InChI is InChI=1S/C18H22N2O4/c1-19-9-4-6-16(19)17(21)20-10-3-2-5-15(20)8-12-24-18(22)14-7-11-23-13-14/h4,6-7,9,11,13,15H,2-3,5,8,10,12H2,1H3. The summed E-state index contributed by atoms with van der Waals surface area (Å²) in [5, 5.41) is 0. The lowest BCUT2D eigenvalue weighted by atomic mass is 9.99. The molecular formula is C18H22N2O4. The zero-order valence-electron chi connectivity index (χ0n) is 13.8. The molecule has 1 unspecified atom stereocenters. The lowest BCUT2D eigenvalue weighted by Crippen LogP contribution is -2.44. The Kier molecular flexibility index (Phi) is 5.03. The number of esters is 1. The van der Waals surface area contributed by atoms with E-state index >= 15 is 0 Å². The average Bonchev–Trinajstić information content (AvgIpc) is 3.26. The first-order valence-corrected chi connectivity index (χ1v) is 8.28. The second kappa shape index (κ2) is 7.38. The third kappa shape index (κ3) is 3.53. The molecule has 0 spiro atoms. The highest BCUT2D eigenvalue weighted by molar-refractivity contribution is 5.93. The van der Waals surface area contributed by atoms with Gasteiger partial charge in [0.2, 0.25) is 0 Å². The second-order valence-corrected chi connectivity index (χ2v) is 6.09. The molecule has 2 aromatic rings. The van der Waals surface area contributed by atoms with Gasteiger partial charge in [0.15, 0.2) is 0 Å². The Morgan fingerprint density at radius 3 is 2.92 bits per heavy atom. The van der Waals surface area contributed by atoms with E-state index in [-0.39, 0.29) is 17.9 Å². The summed E-state index contributed by atoms with van der Waals surface area (Å²) in [6, 6.07) is 5.40. The van der Waals surface area contributed by atoms with E-state index in [1.165, 1.54) is 12.5 Å². The van der Waals surface area contributed by atoms with Crippen LogP contribution in [0.4, 0.5) is 0 Å². The van der Waals surface area contributed by atoms with Gasteiger partial charge in [-0.2, -0.15) is 0 Å². The Hall–Kier alpha value is -2.50. The summed E-state index contributed by atoms with van der Waals surface area (Å²) in [4.78, 5) is 26.5. The van der Waals surface area contributed by atoms with Crippen molar-refractivity contribution in [3.63, 3.8) is 0 Å². The van der Waals surface area contributed by atoms with E-state index in [1.807, 2.05) is 34.8 Å². The monoisotopic (exact) mass is 330 g/mol. The largest absolute Gasteiger partial charge is 0.472 e. The summed E-state index contributed by atoms with van der Waals surface area (Å²) in [5.74, 6) is -0.340. The number of hydrogen-bond donors (Lipinski definition) is 0. The fourth-order valence-electron chi connectivity index (χ4n) is 3.15. The van der Waals surface area contributed by atoms with Gasteiger partial charge in [-0.15, -0.1) is 0 Å². The van der Waals surface area contributed by atoms with E-state index in [0.29, 0.717) is 24.3 Å². The van der Waals surface area contributed by atoms with Gasteiger partial charge < -0.3 is 18.6 Å². The molecule has 6 heteroatoms. The highest BCUT2D eigenvalue weighted by atomic mass is 16.5. The molecule has 128 valence electrons. The third-order valence-electron chi connectivity index (χ3n) is 4.49. The van der Waals surface area contributed by atoms with E-state index in [0.717, 1.165) is 25.8 Å². The molecule has 0 bridgehead atoms. The molecule has 0 aliphatic carbocycles. The minimum Gasteiger partial charge on any atom is -0.472 e. The van der Waals surface area contributed by atoms with Crippen molar-refractivity contribution >= 4 is 11.9 Å². The van der Waals surface area contributed by atoms with Crippen LogP contribution in [0.3, 0.4) is 0 Å². The fraction of sp³-hybridized carbons (Fsp3) is 0.444. The molecule has 1 aliphatic heterocycles. The van der Waals surface area contributed by atoms with Crippen molar-refractivity contribution in [1.29, 1.82) is 0 Å². The lowest BCUT2D eigenvalue weighted by Gasteiger charge is -2.35. The van der Waals surface area contributed by atoms with Crippen LogP contribution in [-0.4, -0.2) is 40.5 Å². The van der Waals surface area contributed by atoms with E-state index < -0.39 is 0 Å². The number of amides is 1. The number of likely N-dealkylation sites (tertiary alicyclic amines) is 1. The molecule has 1 atom stereocenters. The van der Waals surface area contributed by atoms with Crippen LogP contribution in [0.25, 0.3) is 0 Å². The lowest BCUT2D eigenvalue weighted by molar-refractivity contribution is 0.0406. The van der Waals surface area contributed by atoms with Crippen LogP contribution in [-0.2, 0) is 11.8 Å². The Morgan fingerprint density at radius 1 is 1.33 bits per heavy atom. The first-order chi connectivity index (χ1) is 11.7. The van der Waals surface area contributed by atoms with E-state index in [1.54, 1.807) is 6.07 Å². The first-order valence-electron chi connectivity index (χ1n) is 8.28. The normalized spacial score (nSPS) is 17.7. The Balaban J connectivity index is 1.57. The number of furan rings is 1. The molecule has 24 heavy (non-hydrogen) atoms. The van der Waals surface area contributed by atoms with Crippen molar-refractivity contribution in [1.82, 2.24) is 9.47 Å². The molecule has 1 aliphatic rings. The van der Waals surface area contributed by atoms with Gasteiger partial charge in [0.1, 0.15) is 12.0 Å². The van der Waals surface area contributed by atoms with Crippen LogP contribution in [0.1, 0.15) is 46.5 Å². The Morgan fingerprint density at radius 2 is 2.21 bits per heavy atom. The fourth-order valence-corrected chi connectivity index (χ4v) is 3.15. The van der Waals surface area contributed by atoms with Crippen molar-refractivity contribution in [2.75, 3.05) is 13.2 Å². The summed E-state index contributed by atoms with van der Waals surface area (Å²) < 4.78 is 12.0. The molecule has 3 heterocycles. The number of piperidine rings is 1. The predicted molar refractivity (Wildman–Crippen MR) is 87.7 cm³/mol. The van der Waals surface area contributed by atoms with E-state index in [2.05, 4.69) is 0 Å². The topological polar surface area (TPSA) is 64.7 Å². The first kappa shape index (κ1) is 16.4. The number of carbonyl (C=O) groups excluding carboxylic acids is 2. The van der Waals surface area contributed by atoms with E-state index in [4.69, 9.17) is 9.15 Å². The summed E-state index contributed by atoms with van der Waals surface area (Å²) in [7, 11) is 1.87. The van der Waals surface area contributed by atoms with E-state index in [9.17, 15) is 9.59 Å². The maximum Gasteiger partial charge on any atom is 0.341 e. The highest BCUT2D eigenvalue weighted by Crippen LogP contribution is 2.22. The van der Waals surface area contributed by atoms with Crippen molar-refractivity contribution in [2.45, 2.75) is 31.7 Å². The van der Waals surface area contributed by atoms with Gasteiger partial charge in [-0.05, 0) is 37.5 Å². The minimum absolute atomic E-state index is 0.0494. The van der Waals surface area contributed by atoms with Crippen LogP contribution in [0, 0.1) is 0 Å². The smallest absolute Gasteiger partial charge is 0.341 e. The summed E-state index contributed by atoms with van der Waals surface area (Å²) in [5.41, 5.74) is 1.10. The van der Waals surface area contributed by atoms with Gasteiger partial charge in [0.05, 0.1) is 18.4 Å². The minimum atomic E-state index is -0.389. The maximum absolute atomic E-state index is 12.8. The zero-order valence-corrected chi connectivity index (χ0v) is 13.8. The summed E-state index contributed by atoms with van der Waals surface area (Å²) in [6.45, 7) is 1.05. The third-order valence-corrected chi connectivity index (χ3v) is 4.49. The van der Waals surface area contributed by atoms with Crippen LogP contribution < -0.4 is 0 Å². The maximum atomic E-state index is 12.8. The molecule has 1 saturated heterocycles. The molecule has 1 amide bonds. The number of hydrogen-bond acceptors (Lipinski definition) is 4. The van der Waals surface area contributed by atoms with Crippen molar-refractivity contribution in [3.8, 4) is 0 Å². The zero-order chi connectivity index (χ0) is 16.9. The Labute approximate surface area is 141 Å². The van der Waals surface area contributed by atoms with Gasteiger partial charge in [-0.1, -0.05) is 0 Å². The number of nitrogens with zero attached hydrogens (tertiary/aromatic N) is 2. The summed E-state index contributed by atoms with van der Waals surface area (Å²) in [6.07, 6.45) is 8.39. The van der Waals surface area contributed by atoms with Crippen molar-refractivity contribution in [2.24, 2.45) is 7.05 Å². The van der Waals surface area contributed by atoms with Crippen LogP contribution in [0.2, 0.25) is 0 Å². The van der Waals surface area contributed by atoms with Gasteiger partial charge in [0, 0.05) is 32.3 Å². The van der Waals surface area contributed by atoms with Gasteiger partial charge in [-0.3, -0.25) is 4.79 Å². The molecule has 0 N–H and O–H groups in total. The van der Waals surface area contributed by atoms with Gasteiger partial charge in [0.25, 0.3) is 5.91 Å². The molecule has 0 radical (unpaired) electrons. The number of rotatable bonds is 5. The second-order valence-electron chi connectivity index (χ2n) is 6.09. The molecule has 1 fully saturated rings. The molecular weight excluding hydrogens is 308 g/mol. The number of aryl methyl sites for hydroxylation is 1. The molecule has 0 saturated carbocycles. The van der Waals surface area contributed by atoms with Gasteiger partial charge >= 0.3 is 5.97 Å². The molecule has 2 aromatic heterocycles. The highest BCUT2D eigenvalue weighted by Gasteiger charge is 2.28. The van der Waals surface area contributed by atoms with Gasteiger partial charge in [-0.25, -0.2) is 4.79 Å². The van der Waals surface area contributed by atoms with Crippen LogP contribution in [0.15, 0.2) is 41.3 Å². The Bertz CT molecular complexity index is 690. The predicted octanol–water partition coefficient (Wildman–Crippen LogP) is 2.86. The van der Waals surface area contributed by atoms with Crippen molar-refractivity contribution < 1.29 is 18.7 Å².